The van der Waals surface area contributed by atoms with Gasteiger partial charge in [-0.25, -0.2) is 9.78 Å². The molecule has 1 rings (SSSR count). The van der Waals surface area contributed by atoms with Gasteiger partial charge in [-0.05, 0) is 30.9 Å². The van der Waals surface area contributed by atoms with Crippen molar-refractivity contribution in [2.75, 3.05) is 0 Å². The summed E-state index contributed by atoms with van der Waals surface area (Å²) in [6.45, 7) is 6.37. The quantitative estimate of drug-likeness (QED) is 0.709. The summed E-state index contributed by atoms with van der Waals surface area (Å²) in [4.78, 5) is 15.8. The van der Waals surface area contributed by atoms with E-state index in [1.165, 1.54) is 0 Å². The van der Waals surface area contributed by atoms with Crippen LogP contribution in [-0.2, 0) is 4.74 Å². The van der Waals surface area contributed by atoms with Crippen LogP contribution in [-0.4, -0.2) is 17.1 Å². The van der Waals surface area contributed by atoms with Crippen molar-refractivity contribution in [3.8, 4) is 0 Å². The molecule has 17 heavy (non-hydrogen) atoms. The van der Waals surface area contributed by atoms with Gasteiger partial charge in [-0.2, -0.15) is 0 Å². The number of aromatic nitrogens is 1. The van der Waals surface area contributed by atoms with Gasteiger partial charge in [-0.15, -0.1) is 0 Å². The topological polar surface area (TPSA) is 39.2 Å². The van der Waals surface area contributed by atoms with Crippen LogP contribution in [0.1, 0.15) is 50.5 Å². The summed E-state index contributed by atoms with van der Waals surface area (Å²) in [5.41, 5.74) is 0.386. The summed E-state index contributed by atoms with van der Waals surface area (Å²) < 4.78 is 5.49. The van der Waals surface area contributed by atoms with Gasteiger partial charge in [0.15, 0.2) is 0 Å². The van der Waals surface area contributed by atoms with Gasteiger partial charge in [0, 0.05) is 6.20 Å². The van der Waals surface area contributed by atoms with Crippen molar-refractivity contribution in [3.05, 3.63) is 30.1 Å². The molecule has 0 spiro atoms. The van der Waals surface area contributed by atoms with E-state index in [4.69, 9.17) is 4.74 Å². The lowest BCUT2D eigenvalue weighted by Gasteiger charge is -2.18. The Morgan fingerprint density at radius 3 is 2.71 bits per heavy atom. The smallest absolute Gasteiger partial charge is 0.357 e. The Hall–Kier alpha value is -1.38. The van der Waals surface area contributed by atoms with Gasteiger partial charge < -0.3 is 4.74 Å². The van der Waals surface area contributed by atoms with Crippen molar-refractivity contribution in [1.82, 2.24) is 4.98 Å². The zero-order chi connectivity index (χ0) is 12.7. The minimum Gasteiger partial charge on any atom is -0.458 e. The second-order valence-corrected chi connectivity index (χ2v) is 4.66. The summed E-state index contributed by atoms with van der Waals surface area (Å²) in [7, 11) is 0. The van der Waals surface area contributed by atoms with E-state index in [1.807, 2.05) is 0 Å². The van der Waals surface area contributed by atoms with Crippen molar-refractivity contribution >= 4 is 5.97 Å². The van der Waals surface area contributed by atoms with Gasteiger partial charge in [0.25, 0.3) is 0 Å². The third-order valence-electron chi connectivity index (χ3n) is 2.49. The van der Waals surface area contributed by atoms with Crippen LogP contribution in [0.2, 0.25) is 0 Å². The first-order valence-electron chi connectivity index (χ1n) is 6.25. The molecule has 0 radical (unpaired) electrons. The normalized spacial score (nSPS) is 12.5. The Morgan fingerprint density at radius 2 is 2.18 bits per heavy atom. The summed E-state index contributed by atoms with van der Waals surface area (Å²) in [6.07, 6.45) is 4.46. The molecule has 0 saturated carbocycles. The highest BCUT2D eigenvalue weighted by Crippen LogP contribution is 2.15. The van der Waals surface area contributed by atoms with Crippen molar-refractivity contribution in [1.29, 1.82) is 0 Å². The first-order chi connectivity index (χ1) is 8.13. The van der Waals surface area contributed by atoms with E-state index in [9.17, 15) is 4.79 Å². The number of hydrogen-bond acceptors (Lipinski definition) is 3. The van der Waals surface area contributed by atoms with E-state index in [2.05, 4.69) is 25.8 Å². The number of ether oxygens (including phenoxy) is 1. The number of carbonyl (C=O) groups is 1. The molecule has 0 bridgehead atoms. The van der Waals surface area contributed by atoms with Crippen LogP contribution in [0.5, 0.6) is 0 Å². The summed E-state index contributed by atoms with van der Waals surface area (Å²) in [5, 5.41) is 0. The summed E-state index contributed by atoms with van der Waals surface area (Å²) in [5.74, 6) is 0.216. The third kappa shape index (κ3) is 4.98. The number of rotatable bonds is 6. The van der Waals surface area contributed by atoms with Crippen molar-refractivity contribution in [2.24, 2.45) is 5.92 Å². The summed E-state index contributed by atoms with van der Waals surface area (Å²) in [6, 6.07) is 5.26. The van der Waals surface area contributed by atoms with E-state index in [1.54, 1.807) is 24.4 Å². The highest BCUT2D eigenvalue weighted by molar-refractivity contribution is 5.87. The SMILES string of the molecule is CCCC(CC(C)C)OC(=O)c1ccccn1. The van der Waals surface area contributed by atoms with E-state index in [0.717, 1.165) is 19.3 Å². The lowest BCUT2D eigenvalue weighted by molar-refractivity contribution is 0.0223. The number of esters is 1. The number of carbonyl (C=O) groups excluding carboxylic acids is 1. The first-order valence-corrected chi connectivity index (χ1v) is 6.25. The molecule has 1 unspecified atom stereocenters. The molecule has 1 heterocycles. The van der Waals surface area contributed by atoms with Gasteiger partial charge in [0.2, 0.25) is 0 Å². The lowest BCUT2D eigenvalue weighted by Crippen LogP contribution is -2.20. The van der Waals surface area contributed by atoms with E-state index >= 15 is 0 Å². The molecule has 94 valence electrons. The van der Waals surface area contributed by atoms with Crippen LogP contribution >= 0.6 is 0 Å². The molecule has 0 aliphatic rings. The van der Waals surface area contributed by atoms with Gasteiger partial charge in [-0.3, -0.25) is 0 Å². The highest BCUT2D eigenvalue weighted by Gasteiger charge is 2.17. The maximum absolute atomic E-state index is 11.8. The lowest BCUT2D eigenvalue weighted by atomic mass is 10.0. The molecule has 0 saturated heterocycles. The van der Waals surface area contributed by atoms with Crippen LogP contribution in [0, 0.1) is 5.92 Å². The Balaban J connectivity index is 2.57. The predicted octanol–water partition coefficient (Wildman–Crippen LogP) is 3.45. The van der Waals surface area contributed by atoms with Gasteiger partial charge in [0.05, 0.1) is 0 Å². The van der Waals surface area contributed by atoms with Crippen molar-refractivity contribution < 1.29 is 9.53 Å². The molecule has 1 atom stereocenters. The Morgan fingerprint density at radius 1 is 1.41 bits per heavy atom. The monoisotopic (exact) mass is 235 g/mol. The third-order valence-corrected chi connectivity index (χ3v) is 2.49. The molecule has 3 heteroatoms. The fourth-order valence-electron chi connectivity index (χ4n) is 1.77. The van der Waals surface area contributed by atoms with Crippen LogP contribution in [0.3, 0.4) is 0 Å². The number of hydrogen-bond donors (Lipinski definition) is 0. The molecule has 0 N–H and O–H groups in total. The molecule has 0 aliphatic heterocycles. The van der Waals surface area contributed by atoms with E-state index in [0.29, 0.717) is 11.6 Å². The molecule has 0 fully saturated rings. The van der Waals surface area contributed by atoms with E-state index < -0.39 is 0 Å². The van der Waals surface area contributed by atoms with Crippen LogP contribution in [0.25, 0.3) is 0 Å². The molecule has 0 aromatic carbocycles. The van der Waals surface area contributed by atoms with Crippen LogP contribution in [0.4, 0.5) is 0 Å². The minimum absolute atomic E-state index is 0.00880. The molecule has 3 nitrogen and oxygen atoms in total. The van der Waals surface area contributed by atoms with Crippen LogP contribution < -0.4 is 0 Å². The average molecular weight is 235 g/mol. The molecular formula is C14H21NO2. The Bertz CT molecular complexity index is 335. The minimum atomic E-state index is -0.315. The second kappa shape index (κ2) is 7.05. The molecule has 0 aliphatic carbocycles. The Kier molecular flexibility index (Phi) is 5.67. The largest absolute Gasteiger partial charge is 0.458 e. The van der Waals surface area contributed by atoms with Gasteiger partial charge >= 0.3 is 5.97 Å². The molecule has 1 aromatic rings. The first kappa shape index (κ1) is 13.7. The maximum Gasteiger partial charge on any atom is 0.357 e. The standard InChI is InChI=1S/C14H21NO2/c1-4-7-12(10-11(2)3)17-14(16)13-8-5-6-9-15-13/h5-6,8-9,11-12H,4,7,10H2,1-3H3. The van der Waals surface area contributed by atoms with Crippen molar-refractivity contribution in [3.63, 3.8) is 0 Å². The zero-order valence-electron chi connectivity index (χ0n) is 10.8. The highest BCUT2D eigenvalue weighted by atomic mass is 16.5. The Labute approximate surface area is 103 Å². The van der Waals surface area contributed by atoms with Gasteiger partial charge in [-0.1, -0.05) is 33.3 Å². The average Bonchev–Trinajstić information content (AvgIpc) is 2.29. The van der Waals surface area contributed by atoms with Crippen LogP contribution in [0.15, 0.2) is 24.4 Å². The molecule has 1 aromatic heterocycles. The van der Waals surface area contributed by atoms with Crippen molar-refractivity contribution in [2.45, 2.75) is 46.1 Å². The van der Waals surface area contributed by atoms with Gasteiger partial charge in [0.1, 0.15) is 11.8 Å². The maximum atomic E-state index is 11.8. The van der Waals surface area contributed by atoms with E-state index in [-0.39, 0.29) is 12.1 Å². The second-order valence-electron chi connectivity index (χ2n) is 4.66. The predicted molar refractivity (Wildman–Crippen MR) is 67.8 cm³/mol. The fourth-order valence-corrected chi connectivity index (χ4v) is 1.77. The number of pyridine rings is 1. The molecule has 0 amide bonds. The summed E-state index contributed by atoms with van der Waals surface area (Å²) >= 11 is 0. The molecular weight excluding hydrogens is 214 g/mol. The zero-order valence-corrected chi connectivity index (χ0v) is 10.8. The number of nitrogens with zero attached hydrogens (tertiary/aromatic N) is 1. The fraction of sp³-hybridized carbons (Fsp3) is 0.571.